The molecule has 0 aliphatic carbocycles. The molecule has 4 aromatic rings. The van der Waals surface area contributed by atoms with Crippen LogP contribution in [-0.2, 0) is 4.79 Å². The first kappa shape index (κ1) is 22.8. The highest BCUT2D eigenvalue weighted by Gasteiger charge is 2.23. The Morgan fingerprint density at radius 1 is 1.15 bits per heavy atom. The third-order valence-corrected chi connectivity index (χ3v) is 6.35. The van der Waals surface area contributed by atoms with Gasteiger partial charge < -0.3 is 10.1 Å². The van der Waals surface area contributed by atoms with E-state index in [1.165, 1.54) is 16.3 Å². The third-order valence-electron chi connectivity index (χ3n) is 5.31. The van der Waals surface area contributed by atoms with E-state index < -0.39 is 0 Å². The summed E-state index contributed by atoms with van der Waals surface area (Å²) in [5.74, 6) is 1.21. The van der Waals surface area contributed by atoms with E-state index >= 15 is 0 Å². The van der Waals surface area contributed by atoms with Gasteiger partial charge in [0.1, 0.15) is 5.75 Å². The molecule has 0 saturated carbocycles. The standard InChI is InChI=1S/C24H27N5O3S/c1-14(2)13-25-21(30)16(4)33-24-27-26-23-28(19-12-15(3)10-11-20(19)32-5)22(31)17-8-6-7-9-18(17)29(23)24/h6-12,14,16H,13H2,1-5H3,(H,25,30). The molecule has 172 valence electrons. The molecule has 0 saturated heterocycles. The van der Waals surface area contributed by atoms with Crippen molar-refractivity contribution in [2.75, 3.05) is 13.7 Å². The number of carbonyl (C=O) groups excluding carboxylic acids is 1. The summed E-state index contributed by atoms with van der Waals surface area (Å²) in [6, 6.07) is 13.0. The number of nitrogens with zero attached hydrogens (tertiary/aromatic N) is 4. The summed E-state index contributed by atoms with van der Waals surface area (Å²) >= 11 is 1.31. The van der Waals surface area contributed by atoms with E-state index in [1.54, 1.807) is 13.2 Å². The smallest absolute Gasteiger partial charge is 0.267 e. The van der Waals surface area contributed by atoms with Crippen LogP contribution in [0.4, 0.5) is 0 Å². The second-order valence-corrected chi connectivity index (χ2v) is 9.66. The van der Waals surface area contributed by atoms with Crippen LogP contribution in [0.2, 0.25) is 0 Å². The summed E-state index contributed by atoms with van der Waals surface area (Å²) in [5, 5.41) is 12.4. The highest BCUT2D eigenvalue weighted by Crippen LogP contribution is 2.29. The van der Waals surface area contributed by atoms with Crippen LogP contribution < -0.4 is 15.6 Å². The number of methoxy groups -OCH3 is 1. The summed E-state index contributed by atoms with van der Waals surface area (Å²) in [7, 11) is 1.57. The van der Waals surface area contributed by atoms with Gasteiger partial charge in [0.25, 0.3) is 5.56 Å². The number of aromatic nitrogens is 4. The largest absolute Gasteiger partial charge is 0.495 e. The van der Waals surface area contributed by atoms with Crippen molar-refractivity contribution in [1.82, 2.24) is 24.5 Å². The Morgan fingerprint density at radius 2 is 1.91 bits per heavy atom. The van der Waals surface area contributed by atoms with E-state index in [1.807, 2.05) is 54.6 Å². The maximum absolute atomic E-state index is 13.6. The van der Waals surface area contributed by atoms with E-state index in [-0.39, 0.29) is 16.7 Å². The first-order valence-corrected chi connectivity index (χ1v) is 11.7. The van der Waals surface area contributed by atoms with Gasteiger partial charge in [0.05, 0.1) is 29.0 Å². The summed E-state index contributed by atoms with van der Waals surface area (Å²) in [6.45, 7) is 8.50. The van der Waals surface area contributed by atoms with E-state index in [9.17, 15) is 9.59 Å². The van der Waals surface area contributed by atoms with Gasteiger partial charge in [-0.05, 0) is 49.6 Å². The fourth-order valence-electron chi connectivity index (χ4n) is 3.61. The lowest BCUT2D eigenvalue weighted by atomic mass is 10.2. The van der Waals surface area contributed by atoms with Gasteiger partial charge in [-0.15, -0.1) is 10.2 Å². The lowest BCUT2D eigenvalue weighted by Gasteiger charge is -2.15. The van der Waals surface area contributed by atoms with Crippen LogP contribution in [0.1, 0.15) is 26.3 Å². The maximum atomic E-state index is 13.6. The number of thioether (sulfide) groups is 1. The van der Waals surface area contributed by atoms with E-state index in [4.69, 9.17) is 4.74 Å². The molecule has 4 rings (SSSR count). The van der Waals surface area contributed by atoms with Crippen molar-refractivity contribution in [3.05, 3.63) is 58.4 Å². The van der Waals surface area contributed by atoms with Gasteiger partial charge in [0.2, 0.25) is 11.7 Å². The molecule has 1 amide bonds. The van der Waals surface area contributed by atoms with Crippen LogP contribution in [-0.4, -0.2) is 44.0 Å². The average Bonchev–Trinajstić information content (AvgIpc) is 3.21. The molecule has 0 spiro atoms. The minimum Gasteiger partial charge on any atom is -0.495 e. The number of fused-ring (bicyclic) bond motifs is 3. The van der Waals surface area contributed by atoms with Gasteiger partial charge in [0.15, 0.2) is 5.16 Å². The molecule has 0 radical (unpaired) electrons. The maximum Gasteiger partial charge on any atom is 0.267 e. The molecule has 0 fully saturated rings. The van der Waals surface area contributed by atoms with Gasteiger partial charge in [-0.25, -0.2) is 4.57 Å². The fourth-order valence-corrected chi connectivity index (χ4v) is 4.49. The summed E-state index contributed by atoms with van der Waals surface area (Å²) in [5.41, 5.74) is 2.04. The number of rotatable bonds is 7. The van der Waals surface area contributed by atoms with Crippen molar-refractivity contribution in [1.29, 1.82) is 0 Å². The molecule has 0 aliphatic heterocycles. The average molecular weight is 466 g/mol. The van der Waals surface area contributed by atoms with Gasteiger partial charge in [-0.2, -0.15) is 0 Å². The number of nitrogens with one attached hydrogen (secondary N) is 1. The van der Waals surface area contributed by atoms with Crippen LogP contribution in [0.5, 0.6) is 5.75 Å². The third kappa shape index (κ3) is 4.32. The molecule has 9 heteroatoms. The molecule has 2 aromatic carbocycles. The van der Waals surface area contributed by atoms with Crippen LogP contribution in [0.25, 0.3) is 22.4 Å². The van der Waals surface area contributed by atoms with Crippen LogP contribution in [0.3, 0.4) is 0 Å². The zero-order chi connectivity index (χ0) is 23.7. The summed E-state index contributed by atoms with van der Waals surface area (Å²) in [4.78, 5) is 26.1. The van der Waals surface area contributed by atoms with E-state index in [0.29, 0.717) is 45.7 Å². The normalized spacial score (nSPS) is 12.4. The monoisotopic (exact) mass is 465 g/mol. The number of aryl methyl sites for hydroxylation is 1. The van der Waals surface area contributed by atoms with Crippen molar-refractivity contribution in [3.63, 3.8) is 0 Å². The molecular weight excluding hydrogens is 438 g/mol. The Balaban J connectivity index is 1.91. The molecule has 1 N–H and O–H groups in total. The van der Waals surface area contributed by atoms with E-state index in [2.05, 4.69) is 29.4 Å². The Morgan fingerprint density at radius 3 is 2.64 bits per heavy atom. The number of amides is 1. The van der Waals surface area contributed by atoms with E-state index in [0.717, 1.165) is 5.56 Å². The lowest BCUT2D eigenvalue weighted by molar-refractivity contribution is -0.120. The Labute approximate surface area is 196 Å². The zero-order valence-electron chi connectivity index (χ0n) is 19.3. The Bertz CT molecular complexity index is 1390. The molecule has 8 nitrogen and oxygen atoms in total. The van der Waals surface area contributed by atoms with Gasteiger partial charge in [0, 0.05) is 6.54 Å². The topological polar surface area (TPSA) is 90.5 Å². The second-order valence-electron chi connectivity index (χ2n) is 8.35. The molecule has 33 heavy (non-hydrogen) atoms. The molecule has 1 atom stereocenters. The van der Waals surface area contributed by atoms with Crippen molar-refractivity contribution in [2.45, 2.75) is 38.1 Å². The summed E-state index contributed by atoms with van der Waals surface area (Å²) in [6.07, 6.45) is 0. The first-order chi connectivity index (χ1) is 15.8. The van der Waals surface area contributed by atoms with Gasteiger partial charge >= 0.3 is 0 Å². The Kier molecular flexibility index (Phi) is 6.42. The quantitative estimate of drug-likeness (QED) is 0.420. The van der Waals surface area contributed by atoms with Crippen molar-refractivity contribution in [2.24, 2.45) is 5.92 Å². The van der Waals surface area contributed by atoms with Crippen LogP contribution in [0, 0.1) is 12.8 Å². The van der Waals surface area contributed by atoms with Crippen LogP contribution in [0.15, 0.2) is 52.4 Å². The zero-order valence-corrected chi connectivity index (χ0v) is 20.1. The number of hydrogen-bond donors (Lipinski definition) is 1. The van der Waals surface area contributed by atoms with Gasteiger partial charge in [-0.1, -0.05) is 43.8 Å². The molecule has 2 aromatic heterocycles. The predicted octanol–water partition coefficient (Wildman–Crippen LogP) is 3.60. The van der Waals surface area contributed by atoms with Gasteiger partial charge in [-0.3, -0.25) is 14.0 Å². The molecule has 2 heterocycles. The second kappa shape index (κ2) is 9.27. The predicted molar refractivity (Wildman–Crippen MR) is 131 cm³/mol. The number of benzene rings is 2. The minimum atomic E-state index is -0.385. The molecule has 0 bridgehead atoms. The van der Waals surface area contributed by atoms with Crippen molar-refractivity contribution >= 4 is 34.3 Å². The highest BCUT2D eigenvalue weighted by atomic mass is 32.2. The molecule has 0 aliphatic rings. The van der Waals surface area contributed by atoms with Crippen molar-refractivity contribution in [3.8, 4) is 11.4 Å². The minimum absolute atomic E-state index is 0.0663. The first-order valence-electron chi connectivity index (χ1n) is 10.8. The number of hydrogen-bond acceptors (Lipinski definition) is 6. The van der Waals surface area contributed by atoms with Crippen molar-refractivity contribution < 1.29 is 9.53 Å². The number of ether oxygens (including phenoxy) is 1. The highest BCUT2D eigenvalue weighted by molar-refractivity contribution is 8.00. The Hall–Kier alpha value is -3.33. The van der Waals surface area contributed by atoms with Crippen LogP contribution >= 0.6 is 11.8 Å². The SMILES string of the molecule is COc1ccc(C)cc1-n1c(=O)c2ccccc2n2c(SC(C)C(=O)NCC(C)C)nnc12. The molecular formula is C24H27N5O3S. The number of carbonyl (C=O) groups is 1. The molecule has 1 unspecified atom stereocenters. The number of para-hydroxylation sites is 1. The lowest BCUT2D eigenvalue weighted by Crippen LogP contribution is -2.33. The summed E-state index contributed by atoms with van der Waals surface area (Å²) < 4.78 is 8.90. The fraction of sp³-hybridized carbons (Fsp3) is 0.333.